The Morgan fingerprint density at radius 1 is 1.13 bits per heavy atom. The molecule has 0 aliphatic carbocycles. The number of nitrogens with one attached hydrogen (secondary N) is 1. The van der Waals surface area contributed by atoms with Crippen LogP contribution in [-0.2, 0) is 17.6 Å². The normalized spacial score (nSPS) is 10.9. The van der Waals surface area contributed by atoms with Crippen LogP contribution in [0.15, 0.2) is 53.1 Å². The lowest BCUT2D eigenvalue weighted by Crippen LogP contribution is -2.12. The highest BCUT2D eigenvalue weighted by molar-refractivity contribution is 7.15. The van der Waals surface area contributed by atoms with Gasteiger partial charge in [0.05, 0.1) is 0 Å². The third kappa shape index (κ3) is 5.70. The Kier molecular flexibility index (Phi) is 6.65. The van der Waals surface area contributed by atoms with Crippen LogP contribution in [0.25, 0.3) is 11.5 Å². The van der Waals surface area contributed by atoms with Gasteiger partial charge >= 0.3 is 0 Å². The molecule has 31 heavy (non-hydrogen) atoms. The molecule has 0 unspecified atom stereocenters. The van der Waals surface area contributed by atoms with E-state index in [9.17, 15) is 4.79 Å². The summed E-state index contributed by atoms with van der Waals surface area (Å²) in [5.74, 6) is 0.698. The van der Waals surface area contributed by atoms with Crippen molar-refractivity contribution < 1.29 is 9.21 Å². The molecule has 0 saturated carbocycles. The number of carbonyl (C=O) groups excluding carboxylic acids is 1. The van der Waals surface area contributed by atoms with Crippen molar-refractivity contribution in [3.05, 3.63) is 80.6 Å². The Balaban J connectivity index is 1.30. The number of thiazole rings is 1. The van der Waals surface area contributed by atoms with Gasteiger partial charge < -0.3 is 9.73 Å². The van der Waals surface area contributed by atoms with Gasteiger partial charge in [-0.15, -0.1) is 21.5 Å². The SMILES string of the molecule is Cc1ccc(-c2nnc(CCC(=O)Nc3ncc(Cc4ccc(Cl)cc4Cl)s3)o2)cc1. The number of carbonyl (C=O) groups is 1. The first-order valence-electron chi connectivity index (χ1n) is 9.54. The molecule has 4 aromatic rings. The largest absolute Gasteiger partial charge is 0.421 e. The maximum absolute atomic E-state index is 12.3. The van der Waals surface area contributed by atoms with E-state index in [1.54, 1.807) is 18.3 Å². The highest BCUT2D eigenvalue weighted by atomic mass is 35.5. The third-order valence-electron chi connectivity index (χ3n) is 4.51. The Morgan fingerprint density at radius 3 is 2.71 bits per heavy atom. The Bertz CT molecular complexity index is 1200. The first-order valence-corrected chi connectivity index (χ1v) is 11.1. The number of aromatic nitrogens is 3. The summed E-state index contributed by atoms with van der Waals surface area (Å²) in [6.07, 6.45) is 2.92. The fourth-order valence-electron chi connectivity index (χ4n) is 2.87. The minimum absolute atomic E-state index is 0.166. The second kappa shape index (κ2) is 9.60. The molecule has 0 atom stereocenters. The highest BCUT2D eigenvalue weighted by Gasteiger charge is 2.13. The summed E-state index contributed by atoms with van der Waals surface area (Å²) in [6.45, 7) is 2.01. The van der Waals surface area contributed by atoms with E-state index in [2.05, 4.69) is 20.5 Å². The van der Waals surface area contributed by atoms with Crippen LogP contribution in [0.4, 0.5) is 5.13 Å². The molecular formula is C22H18Cl2N4O2S. The van der Waals surface area contributed by atoms with Crippen LogP contribution in [-0.4, -0.2) is 21.1 Å². The number of rotatable bonds is 7. The van der Waals surface area contributed by atoms with E-state index in [1.165, 1.54) is 11.3 Å². The van der Waals surface area contributed by atoms with Crippen molar-refractivity contribution in [1.82, 2.24) is 15.2 Å². The number of benzene rings is 2. The van der Waals surface area contributed by atoms with Gasteiger partial charge in [0.2, 0.25) is 17.7 Å². The van der Waals surface area contributed by atoms with Gasteiger partial charge in [-0.2, -0.15) is 0 Å². The minimum Gasteiger partial charge on any atom is -0.421 e. The molecule has 4 rings (SSSR count). The molecule has 0 aliphatic heterocycles. The number of aryl methyl sites for hydroxylation is 2. The Labute approximate surface area is 193 Å². The zero-order valence-corrected chi connectivity index (χ0v) is 18.9. The molecule has 0 saturated heterocycles. The zero-order chi connectivity index (χ0) is 21.8. The number of hydrogen-bond donors (Lipinski definition) is 1. The van der Waals surface area contributed by atoms with Gasteiger partial charge in [-0.25, -0.2) is 4.98 Å². The molecule has 9 heteroatoms. The van der Waals surface area contributed by atoms with Crippen molar-refractivity contribution in [2.75, 3.05) is 5.32 Å². The topological polar surface area (TPSA) is 80.9 Å². The molecule has 0 fully saturated rings. The fourth-order valence-corrected chi connectivity index (χ4v) is 4.20. The van der Waals surface area contributed by atoms with Crippen molar-refractivity contribution in [1.29, 1.82) is 0 Å². The smallest absolute Gasteiger partial charge is 0.247 e. The summed E-state index contributed by atoms with van der Waals surface area (Å²) in [6, 6.07) is 13.2. The molecule has 1 N–H and O–H groups in total. The standard InChI is InChI=1S/C22H18Cl2N4O2S/c1-13-2-4-14(5-3-13)21-28-27-20(30-21)9-8-19(29)26-22-25-12-17(31-22)10-15-6-7-16(23)11-18(15)24/h2-7,11-12H,8-10H2,1H3,(H,25,26,29). The van der Waals surface area contributed by atoms with Crippen LogP contribution < -0.4 is 5.32 Å². The van der Waals surface area contributed by atoms with Crippen LogP contribution in [0.5, 0.6) is 0 Å². The maximum Gasteiger partial charge on any atom is 0.247 e. The molecule has 6 nitrogen and oxygen atoms in total. The van der Waals surface area contributed by atoms with E-state index in [4.69, 9.17) is 27.6 Å². The molecule has 0 spiro atoms. The van der Waals surface area contributed by atoms with E-state index in [1.807, 2.05) is 37.3 Å². The molecule has 2 aromatic carbocycles. The quantitative estimate of drug-likeness (QED) is 0.358. The molecule has 1 amide bonds. The van der Waals surface area contributed by atoms with Crippen LogP contribution in [0, 0.1) is 6.92 Å². The van der Waals surface area contributed by atoms with Crippen molar-refractivity contribution >= 4 is 45.6 Å². The number of amides is 1. The molecular weight excluding hydrogens is 455 g/mol. The van der Waals surface area contributed by atoms with Crippen molar-refractivity contribution in [2.45, 2.75) is 26.2 Å². The zero-order valence-electron chi connectivity index (χ0n) is 16.6. The fraction of sp³-hybridized carbons (Fsp3) is 0.182. The van der Waals surface area contributed by atoms with Gasteiger partial charge in [-0.1, -0.05) is 47.0 Å². The highest BCUT2D eigenvalue weighted by Crippen LogP contribution is 2.27. The summed E-state index contributed by atoms with van der Waals surface area (Å²) in [5.41, 5.74) is 2.96. The van der Waals surface area contributed by atoms with Gasteiger partial charge in [-0.3, -0.25) is 4.79 Å². The number of nitrogens with zero attached hydrogens (tertiary/aromatic N) is 3. The lowest BCUT2D eigenvalue weighted by atomic mass is 10.1. The lowest BCUT2D eigenvalue weighted by Gasteiger charge is -2.02. The van der Waals surface area contributed by atoms with Gasteiger partial charge in [0.1, 0.15) is 0 Å². The minimum atomic E-state index is -0.166. The maximum atomic E-state index is 12.3. The Hall–Kier alpha value is -2.74. The van der Waals surface area contributed by atoms with E-state index in [0.29, 0.717) is 39.8 Å². The van der Waals surface area contributed by atoms with Crippen LogP contribution >= 0.6 is 34.5 Å². The number of halogens is 2. The third-order valence-corrected chi connectivity index (χ3v) is 6.01. The van der Waals surface area contributed by atoms with E-state index in [-0.39, 0.29) is 12.3 Å². The first kappa shape index (κ1) is 21.5. The number of hydrogen-bond acceptors (Lipinski definition) is 6. The Morgan fingerprint density at radius 2 is 1.94 bits per heavy atom. The van der Waals surface area contributed by atoms with Crippen molar-refractivity contribution in [2.24, 2.45) is 0 Å². The average Bonchev–Trinajstić information content (AvgIpc) is 3.39. The summed E-state index contributed by atoms with van der Waals surface area (Å²) >= 11 is 13.6. The van der Waals surface area contributed by atoms with Crippen LogP contribution in [0.1, 0.15) is 28.3 Å². The number of anilines is 1. The second-order valence-electron chi connectivity index (χ2n) is 6.96. The summed E-state index contributed by atoms with van der Waals surface area (Å²) in [7, 11) is 0. The van der Waals surface area contributed by atoms with Gasteiger partial charge in [-0.05, 0) is 36.8 Å². The summed E-state index contributed by atoms with van der Waals surface area (Å²) in [4.78, 5) is 17.5. The molecule has 158 valence electrons. The van der Waals surface area contributed by atoms with Crippen molar-refractivity contribution in [3.63, 3.8) is 0 Å². The monoisotopic (exact) mass is 472 g/mol. The van der Waals surface area contributed by atoms with E-state index >= 15 is 0 Å². The molecule has 0 bridgehead atoms. The van der Waals surface area contributed by atoms with Crippen LogP contribution in [0.3, 0.4) is 0 Å². The predicted octanol–water partition coefficient (Wildman–Crippen LogP) is 5.97. The molecule has 0 aliphatic rings. The summed E-state index contributed by atoms with van der Waals surface area (Å²) in [5, 5.41) is 12.6. The predicted molar refractivity (Wildman–Crippen MR) is 123 cm³/mol. The first-order chi connectivity index (χ1) is 15.0. The van der Waals surface area contributed by atoms with Gasteiger partial charge in [0.25, 0.3) is 0 Å². The van der Waals surface area contributed by atoms with Crippen LogP contribution in [0.2, 0.25) is 10.0 Å². The van der Waals surface area contributed by atoms with Crippen molar-refractivity contribution in [3.8, 4) is 11.5 Å². The van der Waals surface area contributed by atoms with E-state index < -0.39 is 0 Å². The second-order valence-corrected chi connectivity index (χ2v) is 8.92. The average molecular weight is 473 g/mol. The molecule has 2 aromatic heterocycles. The summed E-state index contributed by atoms with van der Waals surface area (Å²) < 4.78 is 5.66. The molecule has 2 heterocycles. The van der Waals surface area contributed by atoms with E-state index in [0.717, 1.165) is 21.6 Å². The van der Waals surface area contributed by atoms with Gasteiger partial charge in [0.15, 0.2) is 5.13 Å². The lowest BCUT2D eigenvalue weighted by molar-refractivity contribution is -0.116. The molecule has 0 radical (unpaired) electrons. The van der Waals surface area contributed by atoms with Gasteiger partial charge in [0, 0.05) is 45.9 Å².